The lowest BCUT2D eigenvalue weighted by Gasteiger charge is -2.26. The molecule has 0 aliphatic heterocycles. The number of aliphatic carboxylic acids is 1. The van der Waals surface area contributed by atoms with E-state index in [0.29, 0.717) is 25.8 Å². The fourth-order valence-electron chi connectivity index (χ4n) is 3.17. The number of hydrogen-bond donors (Lipinski definition) is 4. The maximum absolute atomic E-state index is 11.9. The molecule has 1 aliphatic carbocycles. The molecule has 0 aromatic carbocycles. The Bertz CT molecular complexity index is 444. The lowest BCUT2D eigenvalue weighted by Crippen LogP contribution is -2.44. The summed E-state index contributed by atoms with van der Waals surface area (Å²) in [5.74, 6) is -1.05. The third kappa shape index (κ3) is 7.32. The molecule has 0 unspecified atom stereocenters. The quantitative estimate of drug-likeness (QED) is 0.451. The van der Waals surface area contributed by atoms with E-state index >= 15 is 0 Å². The molecule has 1 rings (SSSR count). The standard InChI is InChI=1S/C18H33N3O4/c1-3-18(4-2,16(23)24)13-20-15(22)11-8-12-19-17(25)21-14-9-6-5-7-10-14/h14H,3-13H2,1-2H3,(H,20,22)(H,23,24)(H2,19,21,25). The van der Waals surface area contributed by atoms with Crippen LogP contribution in [0.15, 0.2) is 0 Å². The minimum absolute atomic E-state index is 0.143. The highest BCUT2D eigenvalue weighted by atomic mass is 16.4. The van der Waals surface area contributed by atoms with Crippen LogP contribution in [0, 0.1) is 5.41 Å². The molecule has 1 aliphatic rings. The van der Waals surface area contributed by atoms with Gasteiger partial charge >= 0.3 is 12.0 Å². The molecule has 0 bridgehead atoms. The first-order chi connectivity index (χ1) is 11.9. The third-order valence-corrected chi connectivity index (χ3v) is 5.24. The second kappa shape index (κ2) is 10.9. The van der Waals surface area contributed by atoms with Gasteiger partial charge in [-0.15, -0.1) is 0 Å². The lowest BCUT2D eigenvalue weighted by atomic mass is 9.82. The van der Waals surface area contributed by atoms with Crippen molar-refractivity contribution >= 4 is 17.9 Å². The molecule has 1 saturated carbocycles. The zero-order valence-electron chi connectivity index (χ0n) is 15.5. The number of carboxylic acid groups (broad SMARTS) is 1. The Hall–Kier alpha value is -1.79. The summed E-state index contributed by atoms with van der Waals surface area (Å²) in [6, 6.07) is 0.0958. The van der Waals surface area contributed by atoms with E-state index < -0.39 is 11.4 Å². The molecule has 144 valence electrons. The Labute approximate surface area is 150 Å². The van der Waals surface area contributed by atoms with Gasteiger partial charge in [0, 0.05) is 25.6 Å². The molecule has 0 heterocycles. The van der Waals surface area contributed by atoms with Crippen molar-refractivity contribution in [3.8, 4) is 0 Å². The number of urea groups is 1. The van der Waals surface area contributed by atoms with Crippen LogP contribution in [0.1, 0.15) is 71.6 Å². The first-order valence-corrected chi connectivity index (χ1v) is 9.48. The van der Waals surface area contributed by atoms with Crippen LogP contribution < -0.4 is 16.0 Å². The minimum Gasteiger partial charge on any atom is -0.481 e. The van der Waals surface area contributed by atoms with Crippen LogP contribution >= 0.6 is 0 Å². The van der Waals surface area contributed by atoms with Crippen LogP contribution in [-0.2, 0) is 9.59 Å². The molecule has 0 aromatic heterocycles. The van der Waals surface area contributed by atoms with Crippen molar-refractivity contribution in [1.82, 2.24) is 16.0 Å². The summed E-state index contributed by atoms with van der Waals surface area (Å²) in [5, 5.41) is 17.8. The first-order valence-electron chi connectivity index (χ1n) is 9.48. The number of amides is 3. The van der Waals surface area contributed by atoms with Crippen LogP contribution in [0.5, 0.6) is 0 Å². The second-order valence-corrected chi connectivity index (χ2v) is 6.91. The average Bonchev–Trinajstić information content (AvgIpc) is 2.60. The summed E-state index contributed by atoms with van der Waals surface area (Å²) in [4.78, 5) is 35.0. The number of hydrogen-bond acceptors (Lipinski definition) is 3. The zero-order chi connectivity index (χ0) is 18.7. The minimum atomic E-state index is -0.895. The van der Waals surface area contributed by atoms with E-state index in [1.807, 2.05) is 13.8 Å². The second-order valence-electron chi connectivity index (χ2n) is 6.91. The maximum atomic E-state index is 11.9. The average molecular weight is 355 g/mol. The van der Waals surface area contributed by atoms with E-state index in [2.05, 4.69) is 16.0 Å². The Morgan fingerprint density at radius 2 is 1.68 bits per heavy atom. The number of carbonyl (C=O) groups is 3. The van der Waals surface area contributed by atoms with Crippen molar-refractivity contribution in [1.29, 1.82) is 0 Å². The fraction of sp³-hybridized carbons (Fsp3) is 0.833. The van der Waals surface area contributed by atoms with Gasteiger partial charge in [-0.05, 0) is 32.1 Å². The van der Waals surface area contributed by atoms with Gasteiger partial charge < -0.3 is 21.1 Å². The molecule has 7 nitrogen and oxygen atoms in total. The van der Waals surface area contributed by atoms with Crippen LogP contribution in [0.4, 0.5) is 4.79 Å². The molecule has 25 heavy (non-hydrogen) atoms. The number of carbonyl (C=O) groups excluding carboxylic acids is 2. The van der Waals surface area contributed by atoms with Gasteiger partial charge in [-0.2, -0.15) is 0 Å². The van der Waals surface area contributed by atoms with E-state index in [0.717, 1.165) is 12.8 Å². The van der Waals surface area contributed by atoms with Gasteiger partial charge in [-0.3, -0.25) is 9.59 Å². The Kier molecular flexibility index (Phi) is 9.31. The summed E-state index contributed by atoms with van der Waals surface area (Å²) in [7, 11) is 0. The van der Waals surface area contributed by atoms with Gasteiger partial charge in [0.25, 0.3) is 0 Å². The van der Waals surface area contributed by atoms with Crippen molar-refractivity contribution < 1.29 is 19.5 Å². The van der Waals surface area contributed by atoms with E-state index in [1.54, 1.807) is 0 Å². The number of nitrogens with one attached hydrogen (secondary N) is 3. The van der Waals surface area contributed by atoms with Gasteiger partial charge in [0.05, 0.1) is 5.41 Å². The topological polar surface area (TPSA) is 108 Å². The highest BCUT2D eigenvalue weighted by Gasteiger charge is 2.34. The summed E-state index contributed by atoms with van der Waals surface area (Å²) in [6.45, 7) is 4.21. The molecule has 7 heteroatoms. The van der Waals surface area contributed by atoms with Gasteiger partial charge in [-0.25, -0.2) is 4.79 Å². The monoisotopic (exact) mass is 355 g/mol. The van der Waals surface area contributed by atoms with Gasteiger partial charge in [0.15, 0.2) is 0 Å². The summed E-state index contributed by atoms with van der Waals surface area (Å²) >= 11 is 0. The maximum Gasteiger partial charge on any atom is 0.315 e. The van der Waals surface area contributed by atoms with Crippen LogP contribution in [0.25, 0.3) is 0 Å². The molecule has 3 amide bonds. The Balaban J connectivity index is 2.17. The van der Waals surface area contributed by atoms with Crippen molar-refractivity contribution in [3.05, 3.63) is 0 Å². The summed E-state index contributed by atoms with van der Waals surface area (Å²) in [5.41, 5.74) is -0.895. The highest BCUT2D eigenvalue weighted by molar-refractivity contribution is 5.79. The molecule has 0 atom stereocenters. The van der Waals surface area contributed by atoms with Crippen LogP contribution in [-0.4, -0.2) is 42.1 Å². The molecule has 0 spiro atoms. The van der Waals surface area contributed by atoms with E-state index in [4.69, 9.17) is 0 Å². The van der Waals surface area contributed by atoms with Crippen molar-refractivity contribution in [2.24, 2.45) is 5.41 Å². The molecule has 0 radical (unpaired) electrons. The molecule has 1 fully saturated rings. The SMILES string of the molecule is CCC(CC)(CNC(=O)CCCNC(=O)NC1CCCCC1)C(=O)O. The van der Waals surface area contributed by atoms with Gasteiger partial charge in [0.1, 0.15) is 0 Å². The molecule has 4 N–H and O–H groups in total. The normalized spacial score (nSPS) is 15.4. The summed E-state index contributed by atoms with van der Waals surface area (Å²) in [6.07, 6.45) is 7.40. The smallest absolute Gasteiger partial charge is 0.315 e. The van der Waals surface area contributed by atoms with Crippen LogP contribution in [0.3, 0.4) is 0 Å². The largest absolute Gasteiger partial charge is 0.481 e. The molecule has 0 saturated heterocycles. The Morgan fingerprint density at radius 1 is 1.04 bits per heavy atom. The third-order valence-electron chi connectivity index (χ3n) is 5.24. The molecular weight excluding hydrogens is 322 g/mol. The van der Waals surface area contributed by atoms with E-state index in [-0.39, 0.29) is 30.9 Å². The van der Waals surface area contributed by atoms with E-state index in [9.17, 15) is 19.5 Å². The van der Waals surface area contributed by atoms with Crippen molar-refractivity contribution in [2.75, 3.05) is 13.1 Å². The molecular formula is C18H33N3O4. The van der Waals surface area contributed by atoms with Crippen molar-refractivity contribution in [3.63, 3.8) is 0 Å². The van der Waals surface area contributed by atoms with Gasteiger partial charge in [0.2, 0.25) is 5.91 Å². The first kappa shape index (κ1) is 21.3. The number of rotatable bonds is 10. The fourth-order valence-corrected chi connectivity index (χ4v) is 3.17. The van der Waals surface area contributed by atoms with E-state index in [1.165, 1.54) is 19.3 Å². The van der Waals surface area contributed by atoms with Gasteiger partial charge in [-0.1, -0.05) is 33.1 Å². The highest BCUT2D eigenvalue weighted by Crippen LogP contribution is 2.25. The number of carboxylic acids is 1. The molecule has 0 aromatic rings. The zero-order valence-corrected chi connectivity index (χ0v) is 15.5. The lowest BCUT2D eigenvalue weighted by molar-refractivity contribution is -0.149. The summed E-state index contributed by atoms with van der Waals surface area (Å²) < 4.78 is 0. The van der Waals surface area contributed by atoms with Crippen molar-refractivity contribution in [2.45, 2.75) is 77.7 Å². The Morgan fingerprint density at radius 3 is 2.24 bits per heavy atom. The van der Waals surface area contributed by atoms with Crippen LogP contribution in [0.2, 0.25) is 0 Å². The predicted octanol–water partition coefficient (Wildman–Crippen LogP) is 2.41. The predicted molar refractivity (Wildman–Crippen MR) is 96.3 cm³/mol.